The maximum atomic E-state index is 12.3. The van der Waals surface area contributed by atoms with Gasteiger partial charge in [-0.25, -0.2) is 0 Å². The molecule has 0 spiro atoms. The SMILES string of the molecule is CCC/C=C\C(CCCCCCC(=O)O)OC(=O)CCCCCCCCCCCCCCCCCCC. The van der Waals surface area contributed by atoms with Crippen molar-refractivity contribution >= 4 is 11.9 Å². The molecule has 0 saturated carbocycles. The molecule has 4 nitrogen and oxygen atoms in total. The lowest BCUT2D eigenvalue weighted by Gasteiger charge is -2.14. The quantitative estimate of drug-likeness (QED) is 0.0602. The zero-order valence-electron chi connectivity index (χ0n) is 24.8. The highest BCUT2D eigenvalue weighted by atomic mass is 16.5. The Morgan fingerprint density at radius 1 is 0.595 bits per heavy atom. The number of unbranched alkanes of at least 4 members (excludes halogenated alkanes) is 20. The van der Waals surface area contributed by atoms with E-state index in [1.54, 1.807) is 0 Å². The Kier molecular flexibility index (Phi) is 28.2. The molecule has 0 radical (unpaired) electrons. The molecule has 37 heavy (non-hydrogen) atoms. The van der Waals surface area contributed by atoms with Gasteiger partial charge in [0.15, 0.2) is 0 Å². The summed E-state index contributed by atoms with van der Waals surface area (Å²) in [7, 11) is 0. The van der Waals surface area contributed by atoms with Crippen LogP contribution in [-0.2, 0) is 14.3 Å². The van der Waals surface area contributed by atoms with Crippen LogP contribution in [0.4, 0.5) is 0 Å². The van der Waals surface area contributed by atoms with Crippen molar-refractivity contribution in [1.29, 1.82) is 0 Å². The summed E-state index contributed by atoms with van der Waals surface area (Å²) in [4.78, 5) is 22.9. The first-order valence-corrected chi connectivity index (χ1v) is 16.2. The lowest BCUT2D eigenvalue weighted by atomic mass is 10.0. The Balaban J connectivity index is 3.65. The minimum atomic E-state index is -0.723. The largest absolute Gasteiger partial charge is 0.481 e. The molecule has 1 N–H and O–H groups in total. The highest BCUT2D eigenvalue weighted by Gasteiger charge is 2.11. The van der Waals surface area contributed by atoms with Crippen molar-refractivity contribution in [2.24, 2.45) is 0 Å². The van der Waals surface area contributed by atoms with E-state index in [9.17, 15) is 9.59 Å². The number of esters is 1. The van der Waals surface area contributed by atoms with Gasteiger partial charge in [-0.2, -0.15) is 0 Å². The van der Waals surface area contributed by atoms with E-state index < -0.39 is 5.97 Å². The number of hydrogen-bond donors (Lipinski definition) is 1. The Morgan fingerprint density at radius 2 is 1.03 bits per heavy atom. The van der Waals surface area contributed by atoms with E-state index in [1.165, 1.54) is 96.3 Å². The summed E-state index contributed by atoms with van der Waals surface area (Å²) < 4.78 is 5.75. The van der Waals surface area contributed by atoms with Crippen LogP contribution in [0.1, 0.15) is 181 Å². The third-order valence-electron chi connectivity index (χ3n) is 7.20. The zero-order chi connectivity index (χ0) is 27.2. The Morgan fingerprint density at radius 3 is 1.49 bits per heavy atom. The van der Waals surface area contributed by atoms with E-state index in [0.29, 0.717) is 6.42 Å². The lowest BCUT2D eigenvalue weighted by Crippen LogP contribution is -2.16. The van der Waals surface area contributed by atoms with Gasteiger partial charge in [0.05, 0.1) is 0 Å². The summed E-state index contributed by atoms with van der Waals surface area (Å²) in [5.74, 6) is -0.795. The molecule has 0 bridgehead atoms. The first-order valence-electron chi connectivity index (χ1n) is 16.2. The van der Waals surface area contributed by atoms with Gasteiger partial charge in [-0.3, -0.25) is 9.59 Å². The number of hydrogen-bond acceptors (Lipinski definition) is 3. The highest BCUT2D eigenvalue weighted by molar-refractivity contribution is 5.69. The molecular weight excluding hydrogens is 460 g/mol. The number of allylic oxidation sites excluding steroid dienone is 1. The number of carbonyl (C=O) groups is 2. The van der Waals surface area contributed by atoms with Crippen LogP contribution in [0.25, 0.3) is 0 Å². The average molecular weight is 523 g/mol. The van der Waals surface area contributed by atoms with Gasteiger partial charge < -0.3 is 9.84 Å². The number of ether oxygens (including phenoxy) is 1. The topological polar surface area (TPSA) is 63.6 Å². The fourth-order valence-electron chi connectivity index (χ4n) is 4.81. The van der Waals surface area contributed by atoms with Crippen LogP contribution in [0.5, 0.6) is 0 Å². The summed E-state index contributed by atoms with van der Waals surface area (Å²) >= 11 is 0. The molecule has 0 aromatic carbocycles. The first-order chi connectivity index (χ1) is 18.1. The van der Waals surface area contributed by atoms with E-state index in [2.05, 4.69) is 19.9 Å². The van der Waals surface area contributed by atoms with Crippen molar-refractivity contribution in [3.63, 3.8) is 0 Å². The van der Waals surface area contributed by atoms with Gasteiger partial charge in [-0.1, -0.05) is 142 Å². The van der Waals surface area contributed by atoms with Crippen LogP contribution in [0.3, 0.4) is 0 Å². The van der Waals surface area contributed by atoms with E-state index in [1.807, 2.05) is 6.08 Å². The normalized spacial score (nSPS) is 12.3. The Labute approximate surface area is 230 Å². The van der Waals surface area contributed by atoms with Crippen molar-refractivity contribution in [3.05, 3.63) is 12.2 Å². The molecule has 0 heterocycles. The van der Waals surface area contributed by atoms with Gasteiger partial charge in [0.1, 0.15) is 6.10 Å². The molecule has 1 atom stereocenters. The van der Waals surface area contributed by atoms with Crippen LogP contribution in [0, 0.1) is 0 Å². The lowest BCUT2D eigenvalue weighted by molar-refractivity contribution is -0.147. The molecule has 0 aromatic heterocycles. The van der Waals surface area contributed by atoms with E-state index in [4.69, 9.17) is 9.84 Å². The van der Waals surface area contributed by atoms with Crippen LogP contribution < -0.4 is 0 Å². The van der Waals surface area contributed by atoms with Gasteiger partial charge in [0.2, 0.25) is 0 Å². The zero-order valence-corrected chi connectivity index (χ0v) is 24.8. The molecule has 218 valence electrons. The van der Waals surface area contributed by atoms with E-state index in [0.717, 1.165) is 57.8 Å². The van der Waals surface area contributed by atoms with Gasteiger partial charge in [0, 0.05) is 12.8 Å². The fraction of sp³-hybridized carbons (Fsp3) is 0.879. The molecule has 1 unspecified atom stereocenters. The van der Waals surface area contributed by atoms with Crippen LogP contribution in [0.15, 0.2) is 12.2 Å². The molecule has 0 aliphatic rings. The summed E-state index contributed by atoms with van der Waals surface area (Å²) in [5.41, 5.74) is 0. The molecule has 0 fully saturated rings. The Bertz CT molecular complexity index is 528. The fourth-order valence-corrected chi connectivity index (χ4v) is 4.81. The third-order valence-corrected chi connectivity index (χ3v) is 7.20. The minimum Gasteiger partial charge on any atom is -0.481 e. The molecule has 0 rings (SSSR count). The number of carboxylic acids is 1. The molecule has 4 heteroatoms. The molecular formula is C33H62O4. The van der Waals surface area contributed by atoms with Crippen molar-refractivity contribution in [2.45, 2.75) is 187 Å². The molecule has 0 aliphatic heterocycles. The predicted octanol–water partition coefficient (Wildman–Crippen LogP) is 10.7. The Hall–Kier alpha value is -1.32. The maximum Gasteiger partial charge on any atom is 0.306 e. The summed E-state index contributed by atoms with van der Waals surface area (Å²) in [6, 6.07) is 0. The predicted molar refractivity (Wildman–Crippen MR) is 158 cm³/mol. The van der Waals surface area contributed by atoms with Gasteiger partial charge >= 0.3 is 11.9 Å². The second kappa shape index (κ2) is 29.2. The van der Waals surface area contributed by atoms with Gasteiger partial charge in [-0.15, -0.1) is 0 Å². The number of aliphatic carboxylic acids is 1. The van der Waals surface area contributed by atoms with Crippen LogP contribution in [-0.4, -0.2) is 23.1 Å². The van der Waals surface area contributed by atoms with Crippen LogP contribution in [0.2, 0.25) is 0 Å². The summed E-state index contributed by atoms with van der Waals surface area (Å²) in [5, 5.41) is 8.73. The first kappa shape index (κ1) is 35.7. The molecule has 0 saturated heterocycles. The second-order valence-corrected chi connectivity index (χ2v) is 11.0. The highest BCUT2D eigenvalue weighted by Crippen LogP contribution is 2.16. The van der Waals surface area contributed by atoms with Crippen molar-refractivity contribution < 1.29 is 19.4 Å². The maximum absolute atomic E-state index is 12.3. The molecule has 0 aliphatic carbocycles. The van der Waals surface area contributed by atoms with E-state index in [-0.39, 0.29) is 18.5 Å². The average Bonchev–Trinajstić information content (AvgIpc) is 2.87. The van der Waals surface area contributed by atoms with Crippen molar-refractivity contribution in [2.75, 3.05) is 0 Å². The summed E-state index contributed by atoms with van der Waals surface area (Å²) in [6.45, 7) is 4.43. The van der Waals surface area contributed by atoms with Gasteiger partial charge in [0.25, 0.3) is 0 Å². The minimum absolute atomic E-state index is 0.0713. The second-order valence-electron chi connectivity index (χ2n) is 11.0. The number of carboxylic acid groups (broad SMARTS) is 1. The number of rotatable bonds is 29. The van der Waals surface area contributed by atoms with Crippen molar-refractivity contribution in [1.82, 2.24) is 0 Å². The van der Waals surface area contributed by atoms with E-state index >= 15 is 0 Å². The molecule has 0 amide bonds. The van der Waals surface area contributed by atoms with Gasteiger partial charge in [-0.05, 0) is 38.2 Å². The number of carbonyl (C=O) groups excluding carboxylic acids is 1. The standard InChI is InChI=1S/C33H62O4/c1-3-5-7-8-9-10-11-12-13-14-15-16-17-18-19-20-26-30-33(36)37-31(27-23-6-4-2)28-24-21-22-25-29-32(34)35/h23,27,31H,3-22,24-26,28-30H2,1-2H3,(H,34,35)/b27-23-. The van der Waals surface area contributed by atoms with Crippen LogP contribution >= 0.6 is 0 Å². The van der Waals surface area contributed by atoms with Crippen molar-refractivity contribution in [3.8, 4) is 0 Å². The third kappa shape index (κ3) is 29.1. The smallest absolute Gasteiger partial charge is 0.306 e. The monoisotopic (exact) mass is 522 g/mol. The summed E-state index contributed by atoms with van der Waals surface area (Å²) in [6.07, 6.45) is 34.1. The molecule has 0 aromatic rings.